The van der Waals surface area contributed by atoms with Crippen LogP contribution in [0.3, 0.4) is 0 Å². The number of nitrogens with zero attached hydrogens (tertiary/aromatic N) is 1. The van der Waals surface area contributed by atoms with Gasteiger partial charge in [-0.15, -0.1) is 0 Å². The summed E-state index contributed by atoms with van der Waals surface area (Å²) in [5.41, 5.74) is 1.99. The quantitative estimate of drug-likeness (QED) is 0.657. The highest BCUT2D eigenvalue weighted by Crippen LogP contribution is 2.34. The molecule has 2 heterocycles. The maximum Gasteiger partial charge on any atom is 0.240 e. The summed E-state index contributed by atoms with van der Waals surface area (Å²) in [6.07, 6.45) is 1.84. The zero-order chi connectivity index (χ0) is 22.1. The Kier molecular flexibility index (Phi) is 6.50. The molecule has 7 nitrogen and oxygen atoms in total. The van der Waals surface area contributed by atoms with Gasteiger partial charge >= 0.3 is 0 Å². The Morgan fingerprint density at radius 2 is 1.74 bits per heavy atom. The molecule has 0 bridgehead atoms. The molecule has 2 aliphatic heterocycles. The Morgan fingerprint density at radius 1 is 1.03 bits per heavy atom. The molecular formula is C22H28N2O5S2. The second-order valence-electron chi connectivity index (χ2n) is 8.04. The molecule has 0 aromatic heterocycles. The highest BCUT2D eigenvalue weighted by molar-refractivity contribution is 7.92. The minimum atomic E-state index is -3.82. The van der Waals surface area contributed by atoms with Crippen molar-refractivity contribution in [3.63, 3.8) is 0 Å². The SMILES string of the molecule is Cc1cc2c(cc1S(=O)(=O)NCCCN1CCOCC1)S(=O)(=O)c1ccccc1CC2. The van der Waals surface area contributed by atoms with E-state index in [2.05, 4.69) is 9.62 Å². The molecule has 0 aliphatic carbocycles. The van der Waals surface area contributed by atoms with Crippen LogP contribution in [0.25, 0.3) is 0 Å². The van der Waals surface area contributed by atoms with Crippen LogP contribution < -0.4 is 4.72 Å². The number of fused-ring (bicyclic) bond motifs is 2. The summed E-state index contributed by atoms with van der Waals surface area (Å²) in [4.78, 5) is 2.63. The Balaban J connectivity index is 1.56. The molecule has 0 amide bonds. The summed E-state index contributed by atoms with van der Waals surface area (Å²) in [6, 6.07) is 9.99. The number of rotatable bonds is 6. The van der Waals surface area contributed by atoms with Gasteiger partial charge in [0.15, 0.2) is 0 Å². The van der Waals surface area contributed by atoms with Crippen molar-refractivity contribution in [2.45, 2.75) is 40.9 Å². The average Bonchev–Trinajstić information content (AvgIpc) is 2.86. The fraction of sp³-hybridized carbons (Fsp3) is 0.455. The summed E-state index contributed by atoms with van der Waals surface area (Å²) in [6.45, 7) is 5.93. The van der Waals surface area contributed by atoms with Crippen LogP contribution in [0.2, 0.25) is 0 Å². The predicted octanol–water partition coefficient (Wildman–Crippen LogP) is 1.93. The van der Waals surface area contributed by atoms with Crippen molar-refractivity contribution in [2.75, 3.05) is 39.4 Å². The van der Waals surface area contributed by atoms with Gasteiger partial charge in [0.2, 0.25) is 19.9 Å². The second kappa shape index (κ2) is 8.99. The number of aryl methyl sites for hydroxylation is 3. The summed E-state index contributed by atoms with van der Waals surface area (Å²) in [5, 5.41) is 0. The fourth-order valence-corrected chi connectivity index (χ4v) is 7.42. The van der Waals surface area contributed by atoms with E-state index < -0.39 is 19.9 Å². The lowest BCUT2D eigenvalue weighted by Crippen LogP contribution is -2.38. The standard InChI is InChI=1S/C22H28N2O5S2/c1-17-15-19-8-7-18-5-2-3-6-20(18)30(25,26)22(19)16-21(17)31(27,28)23-9-4-10-24-11-13-29-14-12-24/h2-3,5-6,15-16,23H,4,7-14H2,1H3. The molecule has 0 unspecified atom stereocenters. The van der Waals surface area contributed by atoms with Crippen LogP contribution in [-0.4, -0.2) is 61.1 Å². The van der Waals surface area contributed by atoms with Crippen LogP contribution in [0.5, 0.6) is 0 Å². The Hall–Kier alpha value is -1.78. The zero-order valence-corrected chi connectivity index (χ0v) is 19.3. The number of hydrogen-bond acceptors (Lipinski definition) is 6. The molecule has 0 spiro atoms. The van der Waals surface area contributed by atoms with Gasteiger partial charge in [-0.2, -0.15) is 0 Å². The largest absolute Gasteiger partial charge is 0.379 e. The first-order chi connectivity index (χ1) is 14.8. The van der Waals surface area contributed by atoms with Crippen molar-refractivity contribution in [1.82, 2.24) is 9.62 Å². The molecule has 0 atom stereocenters. The van der Waals surface area contributed by atoms with Crippen LogP contribution in [-0.2, 0) is 37.4 Å². The number of hydrogen-bond donors (Lipinski definition) is 1. The molecular weight excluding hydrogens is 436 g/mol. The number of benzene rings is 2. The molecule has 168 valence electrons. The zero-order valence-electron chi connectivity index (χ0n) is 17.6. The summed E-state index contributed by atoms with van der Waals surface area (Å²) in [7, 11) is -7.61. The molecule has 4 rings (SSSR count). The number of sulfonamides is 1. The van der Waals surface area contributed by atoms with Crippen molar-refractivity contribution >= 4 is 19.9 Å². The smallest absolute Gasteiger partial charge is 0.240 e. The normalized spacial score (nSPS) is 18.7. The van der Waals surface area contributed by atoms with Gasteiger partial charge in [0, 0.05) is 19.6 Å². The molecule has 9 heteroatoms. The first-order valence-corrected chi connectivity index (χ1v) is 13.5. The lowest BCUT2D eigenvalue weighted by molar-refractivity contribution is 0.0376. The van der Waals surface area contributed by atoms with Gasteiger partial charge in [-0.25, -0.2) is 21.6 Å². The van der Waals surface area contributed by atoms with Crippen molar-refractivity contribution in [3.05, 3.63) is 53.1 Å². The molecule has 0 saturated carbocycles. The molecule has 0 radical (unpaired) electrons. The van der Waals surface area contributed by atoms with E-state index in [1.807, 2.05) is 12.1 Å². The van der Waals surface area contributed by atoms with E-state index >= 15 is 0 Å². The number of ether oxygens (including phenoxy) is 1. The average molecular weight is 465 g/mol. The minimum absolute atomic E-state index is 0.0283. The highest BCUT2D eigenvalue weighted by atomic mass is 32.2. The summed E-state index contributed by atoms with van der Waals surface area (Å²) < 4.78 is 60.6. The molecule has 1 N–H and O–H groups in total. The number of morpholine rings is 1. The Labute approximate surface area is 184 Å². The predicted molar refractivity (Wildman–Crippen MR) is 118 cm³/mol. The monoisotopic (exact) mass is 464 g/mol. The molecule has 2 aromatic rings. The lowest BCUT2D eigenvalue weighted by Gasteiger charge is -2.26. The molecule has 31 heavy (non-hydrogen) atoms. The van der Waals surface area contributed by atoms with E-state index in [1.54, 1.807) is 25.1 Å². The van der Waals surface area contributed by atoms with Gasteiger partial charge in [-0.05, 0) is 61.6 Å². The van der Waals surface area contributed by atoms with Gasteiger partial charge in [0.25, 0.3) is 0 Å². The molecule has 1 saturated heterocycles. The van der Waals surface area contributed by atoms with E-state index in [9.17, 15) is 16.8 Å². The van der Waals surface area contributed by atoms with Crippen molar-refractivity contribution in [2.24, 2.45) is 0 Å². The molecule has 2 aliphatic rings. The van der Waals surface area contributed by atoms with Crippen LogP contribution in [0.4, 0.5) is 0 Å². The van der Waals surface area contributed by atoms with Gasteiger partial charge in [-0.3, -0.25) is 4.90 Å². The number of nitrogens with one attached hydrogen (secondary N) is 1. The van der Waals surface area contributed by atoms with Crippen LogP contribution in [0.1, 0.15) is 23.1 Å². The molecule has 1 fully saturated rings. The van der Waals surface area contributed by atoms with E-state index in [-0.39, 0.29) is 14.7 Å². The maximum absolute atomic E-state index is 13.3. The van der Waals surface area contributed by atoms with Gasteiger partial charge in [-0.1, -0.05) is 24.3 Å². The van der Waals surface area contributed by atoms with E-state index in [1.165, 1.54) is 6.07 Å². The Morgan fingerprint density at radius 3 is 2.52 bits per heavy atom. The lowest BCUT2D eigenvalue weighted by atomic mass is 10.0. The third-order valence-corrected chi connectivity index (χ3v) is 9.45. The van der Waals surface area contributed by atoms with Gasteiger partial charge < -0.3 is 4.74 Å². The van der Waals surface area contributed by atoms with Gasteiger partial charge in [0.05, 0.1) is 27.9 Å². The van der Waals surface area contributed by atoms with Crippen LogP contribution >= 0.6 is 0 Å². The van der Waals surface area contributed by atoms with Crippen LogP contribution in [0, 0.1) is 6.92 Å². The fourth-order valence-electron chi connectivity index (χ4n) is 4.24. The summed E-state index contributed by atoms with van der Waals surface area (Å²) >= 11 is 0. The third-order valence-electron chi connectivity index (χ3n) is 5.91. The van der Waals surface area contributed by atoms with E-state index in [0.717, 1.165) is 25.2 Å². The summed E-state index contributed by atoms with van der Waals surface area (Å²) in [5.74, 6) is 0. The van der Waals surface area contributed by atoms with Gasteiger partial charge in [0.1, 0.15) is 0 Å². The van der Waals surface area contributed by atoms with Crippen molar-refractivity contribution in [1.29, 1.82) is 0 Å². The van der Waals surface area contributed by atoms with Crippen molar-refractivity contribution < 1.29 is 21.6 Å². The first-order valence-electron chi connectivity index (χ1n) is 10.6. The van der Waals surface area contributed by atoms with E-state index in [0.29, 0.717) is 50.1 Å². The maximum atomic E-state index is 13.3. The van der Waals surface area contributed by atoms with Crippen molar-refractivity contribution in [3.8, 4) is 0 Å². The highest BCUT2D eigenvalue weighted by Gasteiger charge is 2.30. The second-order valence-corrected chi connectivity index (χ2v) is 11.7. The first kappa shape index (κ1) is 22.4. The topological polar surface area (TPSA) is 92.8 Å². The van der Waals surface area contributed by atoms with Crippen LogP contribution in [0.15, 0.2) is 51.1 Å². The third kappa shape index (κ3) is 4.70. The minimum Gasteiger partial charge on any atom is -0.379 e. The number of sulfone groups is 1. The van der Waals surface area contributed by atoms with E-state index in [4.69, 9.17) is 4.74 Å². The Bertz CT molecular complexity index is 1170. The molecule has 2 aromatic carbocycles.